The van der Waals surface area contributed by atoms with Gasteiger partial charge in [-0.05, 0) is 31.2 Å². The minimum absolute atomic E-state index is 0.768. The highest BCUT2D eigenvalue weighted by atomic mass is 32.1. The Morgan fingerprint density at radius 1 is 1.62 bits per heavy atom. The summed E-state index contributed by atoms with van der Waals surface area (Å²) in [7, 11) is 0. The second-order valence-electron chi connectivity index (χ2n) is 3.61. The van der Waals surface area contributed by atoms with Gasteiger partial charge in [0.1, 0.15) is 4.83 Å². The molecule has 0 N–H and O–H groups in total. The Labute approximate surface area is 81.2 Å². The Bertz CT molecular complexity index is 437. The first-order valence-corrected chi connectivity index (χ1v) is 5.72. The average Bonchev–Trinajstić information content (AvgIpc) is 2.77. The molecule has 3 rings (SSSR count). The largest absolute Gasteiger partial charge is 0.255 e. The number of hydrogen-bond acceptors (Lipinski definition) is 2. The topological polar surface area (TPSA) is 17.8 Å². The van der Waals surface area contributed by atoms with Crippen LogP contribution >= 0.6 is 11.3 Å². The summed E-state index contributed by atoms with van der Waals surface area (Å²) >= 11 is 1.80. The minimum Gasteiger partial charge on any atom is -0.255 e. The van der Waals surface area contributed by atoms with Gasteiger partial charge in [0.15, 0.2) is 0 Å². The van der Waals surface area contributed by atoms with E-state index in [1.165, 1.54) is 28.8 Å². The zero-order valence-electron chi connectivity index (χ0n) is 7.66. The van der Waals surface area contributed by atoms with Gasteiger partial charge in [-0.25, -0.2) is 0 Å². The lowest BCUT2D eigenvalue weighted by atomic mass is 10.2. The zero-order chi connectivity index (χ0) is 8.84. The summed E-state index contributed by atoms with van der Waals surface area (Å²) in [5.74, 6) is 0.768. The maximum atomic E-state index is 4.66. The number of aromatic nitrogens is 2. The first-order chi connectivity index (χ1) is 6.40. The third-order valence-corrected chi connectivity index (χ3v) is 3.57. The Morgan fingerprint density at radius 3 is 3.15 bits per heavy atom. The summed E-state index contributed by atoms with van der Waals surface area (Å²) in [6.07, 6.45) is 2.68. The van der Waals surface area contributed by atoms with Gasteiger partial charge in [-0.3, -0.25) is 4.68 Å². The van der Waals surface area contributed by atoms with Crippen molar-refractivity contribution in [3.63, 3.8) is 0 Å². The van der Waals surface area contributed by atoms with Crippen LogP contribution in [-0.2, 0) is 6.54 Å². The summed E-state index contributed by atoms with van der Waals surface area (Å²) in [4.78, 5) is 1.35. The maximum absolute atomic E-state index is 4.66. The Kier molecular flexibility index (Phi) is 1.50. The average molecular weight is 192 g/mol. The molecule has 2 heterocycles. The van der Waals surface area contributed by atoms with Crippen molar-refractivity contribution >= 4 is 21.6 Å². The monoisotopic (exact) mass is 192 g/mol. The van der Waals surface area contributed by atoms with Gasteiger partial charge in [-0.2, -0.15) is 5.10 Å². The van der Waals surface area contributed by atoms with Crippen LogP contribution in [0, 0.1) is 0 Å². The van der Waals surface area contributed by atoms with E-state index in [0.717, 1.165) is 12.5 Å². The van der Waals surface area contributed by atoms with E-state index in [1.54, 1.807) is 11.3 Å². The van der Waals surface area contributed by atoms with Gasteiger partial charge in [0.25, 0.3) is 0 Å². The zero-order valence-corrected chi connectivity index (χ0v) is 8.47. The first kappa shape index (κ1) is 7.56. The van der Waals surface area contributed by atoms with Crippen molar-refractivity contribution in [2.24, 2.45) is 0 Å². The van der Waals surface area contributed by atoms with Crippen LogP contribution in [0.15, 0.2) is 11.4 Å². The number of thiophene rings is 1. The SMILES string of the molecule is CCn1nc(C2CC2)c2ccsc21. The third-order valence-electron chi connectivity index (χ3n) is 2.65. The van der Waals surface area contributed by atoms with E-state index in [-0.39, 0.29) is 0 Å². The van der Waals surface area contributed by atoms with E-state index in [1.807, 2.05) is 0 Å². The van der Waals surface area contributed by atoms with Crippen LogP contribution in [-0.4, -0.2) is 9.78 Å². The Morgan fingerprint density at radius 2 is 2.46 bits per heavy atom. The van der Waals surface area contributed by atoms with E-state index in [0.29, 0.717) is 0 Å². The van der Waals surface area contributed by atoms with E-state index >= 15 is 0 Å². The van der Waals surface area contributed by atoms with Crippen molar-refractivity contribution < 1.29 is 0 Å². The van der Waals surface area contributed by atoms with Gasteiger partial charge in [0, 0.05) is 17.8 Å². The molecule has 0 aliphatic heterocycles. The molecule has 2 aromatic heterocycles. The number of nitrogens with zero attached hydrogens (tertiary/aromatic N) is 2. The predicted molar refractivity (Wildman–Crippen MR) is 55.3 cm³/mol. The second-order valence-corrected chi connectivity index (χ2v) is 4.51. The van der Waals surface area contributed by atoms with Crippen molar-refractivity contribution in [3.05, 3.63) is 17.1 Å². The van der Waals surface area contributed by atoms with Crippen LogP contribution < -0.4 is 0 Å². The van der Waals surface area contributed by atoms with Crippen LogP contribution in [0.4, 0.5) is 0 Å². The fourth-order valence-corrected chi connectivity index (χ4v) is 2.72. The van der Waals surface area contributed by atoms with Crippen molar-refractivity contribution in [1.82, 2.24) is 9.78 Å². The van der Waals surface area contributed by atoms with Crippen molar-refractivity contribution in [2.45, 2.75) is 32.2 Å². The molecule has 0 radical (unpaired) electrons. The number of aryl methyl sites for hydroxylation is 1. The molecule has 0 atom stereocenters. The van der Waals surface area contributed by atoms with E-state index < -0.39 is 0 Å². The van der Waals surface area contributed by atoms with Gasteiger partial charge in [-0.15, -0.1) is 11.3 Å². The predicted octanol–water partition coefficient (Wildman–Crippen LogP) is 3.00. The summed E-state index contributed by atoms with van der Waals surface area (Å²) in [5.41, 5.74) is 1.35. The van der Waals surface area contributed by atoms with Crippen molar-refractivity contribution in [2.75, 3.05) is 0 Å². The van der Waals surface area contributed by atoms with E-state index in [9.17, 15) is 0 Å². The highest BCUT2D eigenvalue weighted by Gasteiger charge is 2.29. The van der Waals surface area contributed by atoms with Gasteiger partial charge in [0.05, 0.1) is 5.69 Å². The van der Waals surface area contributed by atoms with Crippen LogP contribution in [0.25, 0.3) is 10.2 Å². The fraction of sp³-hybridized carbons (Fsp3) is 0.500. The maximum Gasteiger partial charge on any atom is 0.121 e. The van der Waals surface area contributed by atoms with Crippen LogP contribution in [0.2, 0.25) is 0 Å². The molecule has 0 bridgehead atoms. The third kappa shape index (κ3) is 1.03. The van der Waals surface area contributed by atoms with Gasteiger partial charge >= 0.3 is 0 Å². The molecule has 1 fully saturated rings. The molecule has 0 amide bonds. The van der Waals surface area contributed by atoms with Crippen LogP contribution in [0.1, 0.15) is 31.4 Å². The van der Waals surface area contributed by atoms with Crippen LogP contribution in [0.5, 0.6) is 0 Å². The molecule has 2 aromatic rings. The molecular weight excluding hydrogens is 180 g/mol. The molecule has 0 unspecified atom stereocenters. The van der Waals surface area contributed by atoms with Gasteiger partial charge in [-0.1, -0.05) is 0 Å². The van der Waals surface area contributed by atoms with Gasteiger partial charge in [0.2, 0.25) is 0 Å². The molecule has 3 heteroatoms. The van der Waals surface area contributed by atoms with Crippen molar-refractivity contribution in [3.8, 4) is 0 Å². The lowest BCUT2D eigenvalue weighted by Crippen LogP contribution is -1.95. The molecule has 13 heavy (non-hydrogen) atoms. The smallest absolute Gasteiger partial charge is 0.121 e. The highest BCUT2D eigenvalue weighted by molar-refractivity contribution is 7.16. The van der Waals surface area contributed by atoms with Gasteiger partial charge < -0.3 is 0 Å². The van der Waals surface area contributed by atoms with Crippen molar-refractivity contribution in [1.29, 1.82) is 0 Å². The second kappa shape index (κ2) is 2.58. The molecule has 2 nitrogen and oxygen atoms in total. The molecule has 1 aliphatic carbocycles. The Hall–Kier alpha value is -0.830. The molecule has 0 aromatic carbocycles. The minimum atomic E-state index is 0.768. The number of hydrogen-bond donors (Lipinski definition) is 0. The van der Waals surface area contributed by atoms with Crippen LogP contribution in [0.3, 0.4) is 0 Å². The molecule has 0 saturated heterocycles. The fourth-order valence-electron chi connectivity index (χ4n) is 1.80. The number of fused-ring (bicyclic) bond motifs is 1. The van der Waals surface area contributed by atoms with E-state index in [2.05, 4.69) is 28.2 Å². The molecule has 0 spiro atoms. The molecule has 1 aliphatic rings. The molecule has 68 valence electrons. The lowest BCUT2D eigenvalue weighted by molar-refractivity contribution is 0.672. The van der Waals surface area contributed by atoms with E-state index in [4.69, 9.17) is 0 Å². The lowest BCUT2D eigenvalue weighted by Gasteiger charge is -1.93. The molecule has 1 saturated carbocycles. The summed E-state index contributed by atoms with van der Waals surface area (Å²) in [6, 6.07) is 2.22. The quantitative estimate of drug-likeness (QED) is 0.715. The number of rotatable bonds is 2. The summed E-state index contributed by atoms with van der Waals surface area (Å²) in [5, 5.41) is 8.23. The first-order valence-electron chi connectivity index (χ1n) is 4.84. The molecular formula is C10H12N2S. The highest BCUT2D eigenvalue weighted by Crippen LogP contribution is 2.43. The summed E-state index contributed by atoms with van der Waals surface area (Å²) < 4.78 is 2.13. The standard InChI is InChI=1S/C10H12N2S/c1-2-12-10-8(5-6-13-10)9(11-12)7-3-4-7/h5-7H,2-4H2,1H3. The Balaban J connectivity index is 2.26. The summed E-state index contributed by atoms with van der Waals surface area (Å²) in [6.45, 7) is 3.15. The normalized spacial score (nSPS) is 17.0.